The Morgan fingerprint density at radius 3 is 2.96 bits per heavy atom. The molecule has 5 bridgehead atoms. The summed E-state index contributed by atoms with van der Waals surface area (Å²) in [6, 6.07) is 0.445. The SMILES string of the molecule is CC/C=C/[C@]12[C@H]3C[C@@H]4[C@H]5[C@H](C)/C(=C6/OC(=O)C(C)=C6OC)O[C@]5(O3)[C@@H]1CCN42. The van der Waals surface area contributed by atoms with Gasteiger partial charge in [0.05, 0.1) is 36.2 Å². The Morgan fingerprint density at radius 2 is 2.21 bits per heavy atom. The van der Waals surface area contributed by atoms with Gasteiger partial charge in [-0.15, -0.1) is 0 Å². The molecular formula is C22H27NO5. The van der Waals surface area contributed by atoms with E-state index in [0.29, 0.717) is 29.1 Å². The van der Waals surface area contributed by atoms with Crippen LogP contribution < -0.4 is 0 Å². The Balaban J connectivity index is 1.49. The molecule has 0 radical (unpaired) electrons. The van der Waals surface area contributed by atoms with Gasteiger partial charge in [-0.25, -0.2) is 4.79 Å². The number of rotatable bonds is 3. The first-order chi connectivity index (χ1) is 13.5. The second-order valence-corrected chi connectivity index (χ2v) is 9.02. The van der Waals surface area contributed by atoms with Crippen LogP contribution in [0, 0.1) is 17.8 Å². The third kappa shape index (κ3) is 1.60. The fourth-order valence-electron chi connectivity index (χ4n) is 7.22. The Labute approximate surface area is 165 Å². The predicted octanol–water partition coefficient (Wildman–Crippen LogP) is 2.87. The van der Waals surface area contributed by atoms with Gasteiger partial charge in [0.1, 0.15) is 5.76 Å². The highest BCUT2D eigenvalue weighted by Crippen LogP contribution is 2.72. The third-order valence-electron chi connectivity index (χ3n) is 8.10. The summed E-state index contributed by atoms with van der Waals surface area (Å²) < 4.78 is 24.5. The van der Waals surface area contributed by atoms with Gasteiger partial charge >= 0.3 is 5.97 Å². The number of cyclic esters (lactones) is 1. The number of carbonyl (C=O) groups excluding carboxylic acids is 1. The highest BCUT2D eigenvalue weighted by atomic mass is 16.7. The third-order valence-corrected chi connectivity index (χ3v) is 8.10. The summed E-state index contributed by atoms with van der Waals surface area (Å²) in [7, 11) is 1.57. The first-order valence-electron chi connectivity index (χ1n) is 10.5. The van der Waals surface area contributed by atoms with Gasteiger partial charge in [0, 0.05) is 18.5 Å². The van der Waals surface area contributed by atoms with Crippen LogP contribution in [0.4, 0.5) is 0 Å². The molecule has 8 atom stereocenters. The molecule has 6 heteroatoms. The summed E-state index contributed by atoms with van der Waals surface area (Å²) in [6.07, 6.45) is 8.04. The van der Waals surface area contributed by atoms with Crippen LogP contribution >= 0.6 is 0 Å². The lowest BCUT2D eigenvalue weighted by Crippen LogP contribution is -2.60. The molecule has 6 nitrogen and oxygen atoms in total. The first-order valence-corrected chi connectivity index (χ1v) is 10.5. The summed E-state index contributed by atoms with van der Waals surface area (Å²) in [5, 5.41) is 0. The summed E-state index contributed by atoms with van der Waals surface area (Å²) in [5.41, 5.74) is 0.467. The molecule has 5 fully saturated rings. The second kappa shape index (κ2) is 5.22. The number of piperidine rings is 1. The molecule has 0 aliphatic carbocycles. The zero-order valence-electron chi connectivity index (χ0n) is 16.9. The van der Waals surface area contributed by atoms with E-state index in [9.17, 15) is 4.79 Å². The maximum absolute atomic E-state index is 12.2. The van der Waals surface area contributed by atoms with Crippen molar-refractivity contribution < 1.29 is 23.7 Å². The molecule has 1 spiro atoms. The number of carbonyl (C=O) groups is 1. The van der Waals surface area contributed by atoms with Crippen molar-refractivity contribution in [1.82, 2.24) is 4.90 Å². The minimum atomic E-state index is -0.609. The van der Waals surface area contributed by atoms with E-state index in [1.165, 1.54) is 0 Å². The van der Waals surface area contributed by atoms with Crippen LogP contribution in [0.3, 0.4) is 0 Å². The predicted molar refractivity (Wildman–Crippen MR) is 99.6 cm³/mol. The number of methoxy groups -OCH3 is 1. The molecule has 28 heavy (non-hydrogen) atoms. The molecule has 0 saturated carbocycles. The summed E-state index contributed by atoms with van der Waals surface area (Å²) >= 11 is 0. The molecule has 0 N–H and O–H groups in total. The van der Waals surface area contributed by atoms with E-state index >= 15 is 0 Å². The van der Waals surface area contributed by atoms with Gasteiger partial charge in [-0.1, -0.05) is 26.0 Å². The normalized spacial score (nSPS) is 52.8. The largest absolute Gasteiger partial charge is 0.492 e. The molecule has 0 aromatic carbocycles. The minimum Gasteiger partial charge on any atom is -0.492 e. The van der Waals surface area contributed by atoms with Crippen LogP contribution in [0.2, 0.25) is 0 Å². The first kappa shape index (κ1) is 17.1. The zero-order valence-corrected chi connectivity index (χ0v) is 16.9. The molecule has 6 aliphatic heterocycles. The molecule has 0 aromatic heterocycles. The molecule has 5 saturated heterocycles. The number of hydrogen-bond acceptors (Lipinski definition) is 6. The van der Waals surface area contributed by atoms with Crippen molar-refractivity contribution in [2.24, 2.45) is 17.8 Å². The zero-order chi connectivity index (χ0) is 19.4. The van der Waals surface area contributed by atoms with E-state index in [4.69, 9.17) is 18.9 Å². The minimum absolute atomic E-state index is 0.0286. The van der Waals surface area contributed by atoms with Gasteiger partial charge in [-0.3, -0.25) is 4.90 Å². The highest BCUT2D eigenvalue weighted by Gasteiger charge is 2.83. The average Bonchev–Trinajstić information content (AvgIpc) is 3.38. The fourth-order valence-corrected chi connectivity index (χ4v) is 7.22. The Morgan fingerprint density at radius 1 is 1.39 bits per heavy atom. The van der Waals surface area contributed by atoms with Crippen molar-refractivity contribution in [2.45, 2.75) is 63.5 Å². The lowest BCUT2D eigenvalue weighted by Gasteiger charge is -2.47. The summed E-state index contributed by atoms with van der Waals surface area (Å²) in [4.78, 5) is 14.9. The maximum atomic E-state index is 12.2. The summed E-state index contributed by atoms with van der Waals surface area (Å²) in [5.74, 6) is 1.38. The summed E-state index contributed by atoms with van der Waals surface area (Å²) in [6.45, 7) is 7.21. The molecule has 0 aromatic rings. The van der Waals surface area contributed by atoms with Crippen molar-refractivity contribution >= 4 is 5.97 Å². The maximum Gasteiger partial charge on any atom is 0.343 e. The fraction of sp³-hybridized carbons (Fsp3) is 0.682. The van der Waals surface area contributed by atoms with Gasteiger partial charge < -0.3 is 18.9 Å². The van der Waals surface area contributed by atoms with E-state index in [0.717, 1.165) is 31.6 Å². The Hall–Kier alpha value is -1.79. The van der Waals surface area contributed by atoms with Crippen LogP contribution in [-0.4, -0.2) is 48.0 Å². The molecule has 6 heterocycles. The standard InChI is InChI=1S/C22H27NO5/c1-5-6-8-21-14-7-9-23(21)13-10-15(21)27-22(14)16(13)11(2)18(28-22)19-17(25-4)12(3)20(24)26-19/h6,8,11,13-16H,5,7,9-10H2,1-4H3/b8-6+,19-18-/t11-,13+,14+,15+,16+,21+,22+/m0/s1. The Bertz CT molecular complexity index is 874. The quantitative estimate of drug-likeness (QED) is 0.550. The highest BCUT2D eigenvalue weighted by molar-refractivity contribution is 5.93. The smallest absolute Gasteiger partial charge is 0.343 e. The van der Waals surface area contributed by atoms with Crippen molar-refractivity contribution in [3.05, 3.63) is 35.0 Å². The molecular weight excluding hydrogens is 358 g/mol. The number of allylic oxidation sites excluding steroid dienone is 2. The van der Waals surface area contributed by atoms with E-state index < -0.39 is 5.79 Å². The van der Waals surface area contributed by atoms with Crippen molar-refractivity contribution in [2.75, 3.05) is 13.7 Å². The van der Waals surface area contributed by atoms with Gasteiger partial charge in [-0.2, -0.15) is 0 Å². The topological polar surface area (TPSA) is 57.2 Å². The van der Waals surface area contributed by atoms with Gasteiger partial charge in [0.25, 0.3) is 0 Å². The second-order valence-electron chi connectivity index (χ2n) is 9.02. The van der Waals surface area contributed by atoms with Crippen LogP contribution in [0.15, 0.2) is 35.0 Å². The van der Waals surface area contributed by atoms with Gasteiger partial charge in [0.2, 0.25) is 11.5 Å². The molecule has 0 amide bonds. The number of esters is 1. The van der Waals surface area contributed by atoms with Crippen LogP contribution in [0.1, 0.15) is 40.0 Å². The van der Waals surface area contributed by atoms with E-state index in [1.807, 2.05) is 0 Å². The molecule has 6 aliphatic rings. The van der Waals surface area contributed by atoms with Gasteiger partial charge in [0.15, 0.2) is 5.76 Å². The Kier molecular flexibility index (Phi) is 3.19. The average molecular weight is 385 g/mol. The number of fused-ring (bicyclic) bond motifs is 1. The van der Waals surface area contributed by atoms with Crippen LogP contribution in [0.5, 0.6) is 0 Å². The lowest BCUT2D eigenvalue weighted by molar-refractivity contribution is -0.255. The van der Waals surface area contributed by atoms with Crippen molar-refractivity contribution in [1.29, 1.82) is 0 Å². The van der Waals surface area contributed by atoms with E-state index in [-0.39, 0.29) is 29.4 Å². The van der Waals surface area contributed by atoms with E-state index in [1.54, 1.807) is 14.0 Å². The van der Waals surface area contributed by atoms with Crippen LogP contribution in [0.25, 0.3) is 0 Å². The number of nitrogens with zero attached hydrogens (tertiary/aromatic N) is 1. The molecule has 6 rings (SSSR count). The van der Waals surface area contributed by atoms with E-state index in [2.05, 4.69) is 30.9 Å². The van der Waals surface area contributed by atoms with Crippen molar-refractivity contribution in [3.63, 3.8) is 0 Å². The van der Waals surface area contributed by atoms with Gasteiger partial charge in [-0.05, 0) is 26.2 Å². The number of ether oxygens (including phenoxy) is 4. The monoisotopic (exact) mass is 385 g/mol. The lowest BCUT2D eigenvalue weighted by atomic mass is 9.71. The molecule has 1 unspecified atom stereocenters. The number of hydrogen-bond donors (Lipinski definition) is 0. The van der Waals surface area contributed by atoms with Crippen molar-refractivity contribution in [3.8, 4) is 0 Å². The molecule has 150 valence electrons. The van der Waals surface area contributed by atoms with Crippen LogP contribution in [-0.2, 0) is 23.7 Å².